The molecule has 0 saturated carbocycles. The molecule has 0 unspecified atom stereocenters. The lowest BCUT2D eigenvalue weighted by molar-refractivity contribution is 0.167. The lowest BCUT2D eigenvalue weighted by Crippen LogP contribution is -2.14. The number of hydrogen-bond donors (Lipinski definition) is 4. The number of rotatable bonds is 3. The number of nitrogens with one attached hydrogen (secondary N) is 2. The Bertz CT molecular complexity index is 545. The Kier molecular flexibility index (Phi) is 3.74. The molecule has 0 aromatic carbocycles. The van der Waals surface area contributed by atoms with Crippen LogP contribution in [0.5, 0.6) is 0 Å². The summed E-state index contributed by atoms with van der Waals surface area (Å²) in [7, 11) is 0. The molecule has 0 aliphatic heterocycles. The second-order valence-corrected chi connectivity index (χ2v) is 3.93. The molecule has 7 nitrogen and oxygen atoms in total. The number of carbonyl (C=O) groups is 1. The second kappa shape index (κ2) is 5.47. The maximum absolute atomic E-state index is 11.2. The Morgan fingerprint density at radius 1 is 1.58 bits per heavy atom. The van der Waals surface area contributed by atoms with Crippen molar-refractivity contribution in [2.45, 2.75) is 19.8 Å². The van der Waals surface area contributed by atoms with Crippen molar-refractivity contribution in [1.82, 2.24) is 9.97 Å². The summed E-state index contributed by atoms with van der Waals surface area (Å²) in [4.78, 5) is 18.0. The van der Waals surface area contributed by atoms with Crippen molar-refractivity contribution >= 4 is 17.6 Å². The largest absolute Gasteiger partial charge is 0.511 e. The van der Waals surface area contributed by atoms with Crippen LogP contribution in [0.2, 0.25) is 0 Å². The molecule has 1 aliphatic carbocycles. The van der Waals surface area contributed by atoms with Crippen molar-refractivity contribution in [3.05, 3.63) is 29.5 Å². The van der Waals surface area contributed by atoms with Crippen LogP contribution >= 0.6 is 0 Å². The molecular formula is C12H15N3O4. The van der Waals surface area contributed by atoms with Gasteiger partial charge in [0.2, 0.25) is 5.95 Å². The first kappa shape index (κ1) is 13.0. The molecule has 7 heteroatoms. The number of aliphatic hydroxyl groups excluding tert-OH is 2. The number of aromatic nitrogens is 2. The van der Waals surface area contributed by atoms with Crippen LogP contribution in [0.4, 0.5) is 10.7 Å². The maximum atomic E-state index is 11.2. The predicted octanol–water partition coefficient (Wildman–Crippen LogP) is 2.48. The first-order chi connectivity index (χ1) is 9.11. The molecule has 1 heterocycles. The highest BCUT2D eigenvalue weighted by molar-refractivity contribution is 5.83. The minimum Gasteiger partial charge on any atom is -0.511 e. The van der Waals surface area contributed by atoms with Crippen molar-refractivity contribution in [2.24, 2.45) is 0 Å². The summed E-state index contributed by atoms with van der Waals surface area (Å²) in [6.07, 6.45) is 3.52. The van der Waals surface area contributed by atoms with Gasteiger partial charge in [-0.05, 0) is 19.4 Å². The number of H-pyrrole nitrogens is 1. The van der Waals surface area contributed by atoms with Crippen molar-refractivity contribution in [1.29, 1.82) is 0 Å². The molecule has 2 rings (SSSR count). The Morgan fingerprint density at radius 3 is 3.05 bits per heavy atom. The van der Waals surface area contributed by atoms with Gasteiger partial charge in [0.15, 0.2) is 0 Å². The van der Waals surface area contributed by atoms with Crippen LogP contribution in [0, 0.1) is 0 Å². The summed E-state index contributed by atoms with van der Waals surface area (Å²) in [5, 5.41) is 21.9. The van der Waals surface area contributed by atoms with Crippen LogP contribution in [0.3, 0.4) is 0 Å². The van der Waals surface area contributed by atoms with E-state index in [4.69, 9.17) is 4.74 Å². The molecule has 1 amide bonds. The van der Waals surface area contributed by atoms with Gasteiger partial charge in [0.05, 0.1) is 17.9 Å². The third-order valence-electron chi connectivity index (χ3n) is 2.59. The molecular weight excluding hydrogens is 250 g/mol. The van der Waals surface area contributed by atoms with Crippen molar-refractivity contribution < 1.29 is 19.7 Å². The Hall–Kier alpha value is -2.44. The fourth-order valence-electron chi connectivity index (χ4n) is 1.78. The zero-order chi connectivity index (χ0) is 13.8. The normalized spacial score (nSPS) is 15.1. The molecule has 1 aromatic rings. The van der Waals surface area contributed by atoms with Crippen molar-refractivity contribution in [2.75, 3.05) is 11.9 Å². The van der Waals surface area contributed by atoms with Crippen LogP contribution in [0.15, 0.2) is 23.8 Å². The Morgan fingerprint density at radius 2 is 2.37 bits per heavy atom. The van der Waals surface area contributed by atoms with Crippen molar-refractivity contribution in [3.63, 3.8) is 0 Å². The van der Waals surface area contributed by atoms with Gasteiger partial charge in [-0.15, -0.1) is 0 Å². The molecule has 19 heavy (non-hydrogen) atoms. The highest BCUT2D eigenvalue weighted by Gasteiger charge is 2.19. The van der Waals surface area contributed by atoms with E-state index >= 15 is 0 Å². The molecule has 0 radical (unpaired) electrons. The molecule has 0 spiro atoms. The third-order valence-corrected chi connectivity index (χ3v) is 2.59. The fourth-order valence-corrected chi connectivity index (χ4v) is 1.78. The van der Waals surface area contributed by atoms with Crippen LogP contribution < -0.4 is 5.32 Å². The smallest absolute Gasteiger partial charge is 0.413 e. The minimum absolute atomic E-state index is 0.0158. The van der Waals surface area contributed by atoms with E-state index in [1.165, 1.54) is 6.20 Å². The van der Waals surface area contributed by atoms with E-state index in [2.05, 4.69) is 15.3 Å². The van der Waals surface area contributed by atoms with E-state index in [0.29, 0.717) is 18.5 Å². The van der Waals surface area contributed by atoms with Crippen LogP contribution in [-0.2, 0) is 4.74 Å². The molecule has 102 valence electrons. The summed E-state index contributed by atoms with van der Waals surface area (Å²) in [5.41, 5.74) is 0.636. The SMILES string of the molecule is CCOC(=O)Nc1nc(C2=C(O)CCC=C2O)c[nH]1. The number of amides is 1. The minimum atomic E-state index is -0.620. The molecule has 0 atom stereocenters. The van der Waals surface area contributed by atoms with E-state index in [-0.39, 0.29) is 29.6 Å². The highest BCUT2D eigenvalue weighted by atomic mass is 16.5. The van der Waals surface area contributed by atoms with E-state index < -0.39 is 6.09 Å². The fraction of sp³-hybridized carbons (Fsp3) is 0.333. The van der Waals surface area contributed by atoms with E-state index in [1.807, 2.05) is 0 Å². The Balaban J connectivity index is 2.17. The van der Waals surface area contributed by atoms with Gasteiger partial charge in [0.1, 0.15) is 11.5 Å². The quantitative estimate of drug-likeness (QED) is 0.671. The zero-order valence-electron chi connectivity index (χ0n) is 10.4. The van der Waals surface area contributed by atoms with Crippen LogP contribution in [-0.4, -0.2) is 32.9 Å². The van der Waals surface area contributed by atoms with Crippen LogP contribution in [0.1, 0.15) is 25.5 Å². The summed E-state index contributed by atoms with van der Waals surface area (Å²) in [6, 6.07) is 0. The molecule has 0 bridgehead atoms. The average molecular weight is 265 g/mol. The average Bonchev–Trinajstić information content (AvgIpc) is 2.77. The summed E-state index contributed by atoms with van der Waals surface area (Å²) in [6.45, 7) is 1.95. The first-order valence-corrected chi connectivity index (χ1v) is 5.93. The summed E-state index contributed by atoms with van der Waals surface area (Å²) in [5.74, 6) is 0.249. The number of ether oxygens (including phenoxy) is 1. The lowest BCUT2D eigenvalue weighted by Gasteiger charge is -2.12. The third kappa shape index (κ3) is 2.87. The van der Waals surface area contributed by atoms with Gasteiger partial charge >= 0.3 is 6.09 Å². The number of carbonyl (C=O) groups excluding carboxylic acids is 1. The number of aliphatic hydroxyl groups is 2. The van der Waals surface area contributed by atoms with Gasteiger partial charge in [-0.25, -0.2) is 9.78 Å². The molecule has 0 fully saturated rings. The van der Waals surface area contributed by atoms with Gasteiger partial charge in [0, 0.05) is 12.6 Å². The number of anilines is 1. The first-order valence-electron chi connectivity index (χ1n) is 5.93. The second-order valence-electron chi connectivity index (χ2n) is 3.93. The Labute approximate surface area is 109 Å². The van der Waals surface area contributed by atoms with Crippen molar-refractivity contribution in [3.8, 4) is 0 Å². The molecule has 0 saturated heterocycles. The lowest BCUT2D eigenvalue weighted by atomic mass is 10.0. The monoisotopic (exact) mass is 265 g/mol. The topological polar surface area (TPSA) is 107 Å². The van der Waals surface area contributed by atoms with Crippen LogP contribution in [0.25, 0.3) is 5.57 Å². The van der Waals surface area contributed by atoms with E-state index in [1.54, 1.807) is 13.0 Å². The van der Waals surface area contributed by atoms with Gasteiger partial charge in [0.25, 0.3) is 0 Å². The number of imidazole rings is 1. The number of nitrogens with zero attached hydrogens (tertiary/aromatic N) is 1. The van der Waals surface area contributed by atoms with Gasteiger partial charge in [-0.2, -0.15) is 0 Å². The zero-order valence-corrected chi connectivity index (χ0v) is 10.4. The number of aromatic amines is 1. The molecule has 1 aromatic heterocycles. The van der Waals surface area contributed by atoms with Gasteiger partial charge in [-0.1, -0.05) is 0 Å². The highest BCUT2D eigenvalue weighted by Crippen LogP contribution is 2.29. The van der Waals surface area contributed by atoms with E-state index in [0.717, 1.165) is 0 Å². The summed E-state index contributed by atoms with van der Waals surface area (Å²) >= 11 is 0. The predicted molar refractivity (Wildman–Crippen MR) is 68.7 cm³/mol. The maximum Gasteiger partial charge on any atom is 0.413 e. The number of allylic oxidation sites excluding steroid dienone is 3. The standard InChI is InChI=1S/C12H15N3O4/c1-2-19-12(18)15-11-13-6-7(14-11)10-8(16)4-3-5-9(10)17/h4,6,16-17H,2-3,5H2,1H3,(H2,13,14,15,18). The van der Waals surface area contributed by atoms with Gasteiger partial charge in [-0.3, -0.25) is 5.32 Å². The summed E-state index contributed by atoms with van der Waals surface area (Å²) < 4.78 is 4.71. The molecule has 4 N–H and O–H groups in total. The van der Waals surface area contributed by atoms with E-state index in [9.17, 15) is 15.0 Å². The number of hydrogen-bond acceptors (Lipinski definition) is 5. The molecule has 1 aliphatic rings. The van der Waals surface area contributed by atoms with Gasteiger partial charge < -0.3 is 19.9 Å².